The van der Waals surface area contributed by atoms with Crippen LogP contribution in [0.1, 0.15) is 45.1 Å². The van der Waals surface area contributed by atoms with Crippen LogP contribution in [0.5, 0.6) is 11.5 Å². The summed E-state index contributed by atoms with van der Waals surface area (Å²) in [5, 5.41) is 2.98. The molecule has 0 saturated carbocycles. The molecule has 1 N–H and O–H groups in total. The summed E-state index contributed by atoms with van der Waals surface area (Å²) in [6.07, 6.45) is 2.14. The summed E-state index contributed by atoms with van der Waals surface area (Å²) in [5.74, 6) is 1.87. The average Bonchev–Trinajstić information content (AvgIpc) is 2.56. The highest BCUT2D eigenvalue weighted by Gasteiger charge is 2.17. The lowest BCUT2D eigenvalue weighted by Gasteiger charge is -2.18. The first-order valence-corrected chi connectivity index (χ1v) is 10.8. The highest BCUT2D eigenvalue weighted by Crippen LogP contribution is 2.43. The van der Waals surface area contributed by atoms with Crippen molar-refractivity contribution >= 4 is 13.2 Å². The van der Waals surface area contributed by atoms with Gasteiger partial charge in [-0.15, -0.1) is 0 Å². The summed E-state index contributed by atoms with van der Waals surface area (Å²) in [5.41, 5.74) is 1.97. The molecule has 0 radical (unpaired) electrons. The van der Waals surface area contributed by atoms with E-state index in [9.17, 15) is 4.57 Å². The Morgan fingerprint density at radius 3 is 2.16 bits per heavy atom. The van der Waals surface area contributed by atoms with Crippen molar-refractivity contribution in [2.45, 2.75) is 39.5 Å². The lowest BCUT2D eigenvalue weighted by Crippen LogP contribution is -2.02. The Bertz CT molecular complexity index is 696. The molecular formula is C20H28NO3P. The zero-order valence-corrected chi connectivity index (χ0v) is 16.4. The van der Waals surface area contributed by atoms with Gasteiger partial charge in [0.25, 0.3) is 0 Å². The molecule has 0 spiro atoms. The van der Waals surface area contributed by atoms with Gasteiger partial charge >= 0.3 is 7.52 Å². The largest absolute Gasteiger partial charge is 0.494 e. The van der Waals surface area contributed by atoms with Crippen LogP contribution >= 0.6 is 7.52 Å². The number of hydrogen-bond acceptors (Lipinski definition) is 3. The summed E-state index contributed by atoms with van der Waals surface area (Å²) < 4.78 is 24.0. The molecule has 1 atom stereocenters. The van der Waals surface area contributed by atoms with Gasteiger partial charge in [-0.05, 0) is 54.3 Å². The summed E-state index contributed by atoms with van der Waals surface area (Å²) in [6, 6.07) is 15.2. The monoisotopic (exact) mass is 361 g/mol. The van der Waals surface area contributed by atoms with E-state index in [4.69, 9.17) is 9.26 Å². The standard InChI is InChI=1S/C20H28NO3P/c1-5-6-15-23-19-13-9-18(10-14-19)21-25(4,22)24-20-11-7-17(8-12-20)16(2)3/h7-14,16H,5-6,15H2,1-4H3,(H,21,22)/t25-/m0/s1. The lowest BCUT2D eigenvalue weighted by atomic mass is 10.0. The van der Waals surface area contributed by atoms with Crippen LogP contribution in [0.15, 0.2) is 48.5 Å². The number of nitrogens with one attached hydrogen (secondary N) is 1. The molecule has 0 amide bonds. The third-order valence-corrected chi connectivity index (χ3v) is 5.00. The number of ether oxygens (including phenoxy) is 1. The Balaban J connectivity index is 1.94. The second kappa shape index (κ2) is 8.96. The number of unbranched alkanes of at least 4 members (excludes halogenated alkanes) is 1. The molecule has 0 aliphatic carbocycles. The van der Waals surface area contributed by atoms with E-state index in [0.29, 0.717) is 18.3 Å². The summed E-state index contributed by atoms with van der Waals surface area (Å²) in [6.45, 7) is 8.70. The number of hydrogen-bond donors (Lipinski definition) is 1. The molecule has 2 aromatic carbocycles. The van der Waals surface area contributed by atoms with E-state index in [2.05, 4.69) is 25.9 Å². The van der Waals surface area contributed by atoms with Crippen molar-refractivity contribution in [3.8, 4) is 11.5 Å². The number of anilines is 1. The smallest absolute Gasteiger partial charge is 0.338 e. The minimum absolute atomic E-state index is 0.457. The van der Waals surface area contributed by atoms with Gasteiger partial charge in [0, 0.05) is 12.4 Å². The van der Waals surface area contributed by atoms with E-state index in [1.54, 1.807) is 6.66 Å². The van der Waals surface area contributed by atoms with Gasteiger partial charge in [-0.25, -0.2) is 0 Å². The van der Waals surface area contributed by atoms with E-state index in [1.807, 2.05) is 48.5 Å². The molecule has 25 heavy (non-hydrogen) atoms. The maximum absolute atomic E-state index is 12.7. The average molecular weight is 361 g/mol. The van der Waals surface area contributed by atoms with Crippen molar-refractivity contribution < 1.29 is 13.8 Å². The second-order valence-electron chi connectivity index (χ2n) is 6.50. The van der Waals surface area contributed by atoms with Crippen LogP contribution in [-0.2, 0) is 4.57 Å². The zero-order valence-electron chi connectivity index (χ0n) is 15.5. The van der Waals surface area contributed by atoms with Crippen molar-refractivity contribution in [3.05, 3.63) is 54.1 Å². The van der Waals surface area contributed by atoms with Gasteiger partial charge in [-0.2, -0.15) is 0 Å². The predicted molar refractivity (Wildman–Crippen MR) is 105 cm³/mol. The van der Waals surface area contributed by atoms with Crippen LogP contribution in [-0.4, -0.2) is 13.3 Å². The fourth-order valence-electron chi connectivity index (χ4n) is 2.33. The molecule has 0 bridgehead atoms. The van der Waals surface area contributed by atoms with Crippen LogP contribution in [0.2, 0.25) is 0 Å². The summed E-state index contributed by atoms with van der Waals surface area (Å²) >= 11 is 0. The summed E-state index contributed by atoms with van der Waals surface area (Å²) in [7, 11) is -3.01. The molecule has 4 nitrogen and oxygen atoms in total. The first-order valence-electron chi connectivity index (χ1n) is 8.78. The molecule has 2 rings (SSSR count). The SMILES string of the molecule is CCCCOc1ccc(N[P@@](C)(=O)Oc2ccc(C(C)C)cc2)cc1. The highest BCUT2D eigenvalue weighted by molar-refractivity contribution is 7.60. The molecule has 5 heteroatoms. The van der Waals surface area contributed by atoms with Crippen molar-refractivity contribution in [1.82, 2.24) is 0 Å². The topological polar surface area (TPSA) is 47.6 Å². The van der Waals surface area contributed by atoms with Crippen molar-refractivity contribution in [1.29, 1.82) is 0 Å². The van der Waals surface area contributed by atoms with Crippen molar-refractivity contribution in [2.24, 2.45) is 0 Å². The number of benzene rings is 2. The summed E-state index contributed by atoms with van der Waals surface area (Å²) in [4.78, 5) is 0. The molecule has 0 heterocycles. The fourth-order valence-corrected chi connectivity index (χ4v) is 3.52. The third-order valence-electron chi connectivity index (χ3n) is 3.78. The lowest BCUT2D eigenvalue weighted by molar-refractivity contribution is 0.309. The predicted octanol–water partition coefficient (Wildman–Crippen LogP) is 6.30. The normalized spacial score (nSPS) is 13.3. The minimum Gasteiger partial charge on any atom is -0.494 e. The van der Waals surface area contributed by atoms with Crippen molar-refractivity contribution in [3.63, 3.8) is 0 Å². The van der Waals surface area contributed by atoms with Gasteiger partial charge in [-0.1, -0.05) is 39.3 Å². The molecular weight excluding hydrogens is 333 g/mol. The first-order chi connectivity index (χ1) is 11.9. The van der Waals surface area contributed by atoms with Crippen LogP contribution in [0.3, 0.4) is 0 Å². The first kappa shape index (κ1) is 19.4. The van der Waals surface area contributed by atoms with Gasteiger partial charge in [0.2, 0.25) is 0 Å². The van der Waals surface area contributed by atoms with Crippen LogP contribution < -0.4 is 14.3 Å². The van der Waals surface area contributed by atoms with Crippen molar-refractivity contribution in [2.75, 3.05) is 18.4 Å². The molecule has 136 valence electrons. The Hall–Kier alpha value is -1.93. The maximum Gasteiger partial charge on any atom is 0.338 e. The third kappa shape index (κ3) is 6.47. The quantitative estimate of drug-likeness (QED) is 0.420. The molecule has 0 aliphatic heterocycles. The van der Waals surface area contributed by atoms with Gasteiger partial charge in [-0.3, -0.25) is 4.57 Å². The van der Waals surface area contributed by atoms with E-state index < -0.39 is 7.52 Å². The van der Waals surface area contributed by atoms with Crippen LogP contribution in [0, 0.1) is 0 Å². The molecule has 0 fully saturated rings. The van der Waals surface area contributed by atoms with E-state index in [-0.39, 0.29) is 0 Å². The number of rotatable bonds is 9. The van der Waals surface area contributed by atoms with Gasteiger partial charge in [0.1, 0.15) is 11.5 Å². The maximum atomic E-state index is 12.7. The van der Waals surface area contributed by atoms with Gasteiger partial charge < -0.3 is 14.3 Å². The minimum atomic E-state index is -3.01. The highest BCUT2D eigenvalue weighted by atomic mass is 31.2. The van der Waals surface area contributed by atoms with E-state index >= 15 is 0 Å². The zero-order chi connectivity index (χ0) is 18.3. The van der Waals surface area contributed by atoms with E-state index in [1.165, 1.54) is 5.56 Å². The second-order valence-corrected chi connectivity index (χ2v) is 8.60. The molecule has 0 aromatic heterocycles. The Labute approximate surface area is 151 Å². The Kier molecular flexibility index (Phi) is 6.95. The van der Waals surface area contributed by atoms with Gasteiger partial charge in [0.05, 0.1) is 6.61 Å². The van der Waals surface area contributed by atoms with Gasteiger partial charge in [0.15, 0.2) is 0 Å². The molecule has 0 unspecified atom stereocenters. The Morgan fingerprint density at radius 2 is 1.60 bits per heavy atom. The molecule has 2 aromatic rings. The Morgan fingerprint density at radius 1 is 1.00 bits per heavy atom. The molecule has 0 aliphatic rings. The fraction of sp³-hybridized carbons (Fsp3) is 0.400. The molecule has 0 saturated heterocycles. The van der Waals surface area contributed by atoms with E-state index in [0.717, 1.165) is 24.3 Å². The van der Waals surface area contributed by atoms with Crippen LogP contribution in [0.4, 0.5) is 5.69 Å². The van der Waals surface area contributed by atoms with Crippen LogP contribution in [0.25, 0.3) is 0 Å².